The number of nitro benzene ring substituents is 1. The maximum atomic E-state index is 13.0. The van der Waals surface area contributed by atoms with Crippen molar-refractivity contribution in [3.05, 3.63) is 68.5 Å². The van der Waals surface area contributed by atoms with Crippen molar-refractivity contribution in [2.24, 2.45) is 0 Å². The summed E-state index contributed by atoms with van der Waals surface area (Å²) in [6.45, 7) is -0.0385. The van der Waals surface area contributed by atoms with Crippen LogP contribution in [-0.2, 0) is 6.61 Å². The minimum absolute atomic E-state index is 0.0370. The number of rotatable bonds is 5. The quantitative estimate of drug-likeness (QED) is 0.479. The van der Waals surface area contributed by atoms with Crippen molar-refractivity contribution in [1.82, 2.24) is 0 Å². The number of carbonyl (C=O) groups is 1. The molecule has 108 valence electrons. The lowest BCUT2D eigenvalue weighted by atomic mass is 10.2. The van der Waals surface area contributed by atoms with E-state index in [4.69, 9.17) is 16.3 Å². The Morgan fingerprint density at radius 2 is 2.05 bits per heavy atom. The van der Waals surface area contributed by atoms with Gasteiger partial charge in [-0.25, -0.2) is 4.39 Å². The first-order valence-corrected chi connectivity index (χ1v) is 6.19. The Kier molecular flexibility index (Phi) is 4.49. The fraction of sp³-hybridized carbons (Fsp3) is 0.0714. The molecule has 2 rings (SSSR count). The lowest BCUT2D eigenvalue weighted by Gasteiger charge is -2.08. The van der Waals surface area contributed by atoms with E-state index in [1.807, 2.05) is 0 Å². The molecule has 21 heavy (non-hydrogen) atoms. The molecule has 0 saturated carbocycles. The maximum Gasteiger partial charge on any atom is 0.310 e. The van der Waals surface area contributed by atoms with Crippen LogP contribution >= 0.6 is 11.6 Å². The van der Waals surface area contributed by atoms with Crippen molar-refractivity contribution in [2.45, 2.75) is 6.61 Å². The minimum Gasteiger partial charge on any atom is -0.482 e. The molecule has 5 nitrogen and oxygen atoms in total. The van der Waals surface area contributed by atoms with Crippen LogP contribution in [0, 0.1) is 15.9 Å². The van der Waals surface area contributed by atoms with Crippen LogP contribution in [0.25, 0.3) is 0 Å². The number of nitro groups is 1. The Morgan fingerprint density at radius 3 is 2.67 bits per heavy atom. The van der Waals surface area contributed by atoms with Crippen molar-refractivity contribution < 1.29 is 18.8 Å². The SMILES string of the molecule is O=Cc1ccc([N+](=O)[O-])c(OCc2ccc(F)c(Cl)c2)c1. The monoisotopic (exact) mass is 309 g/mol. The van der Waals surface area contributed by atoms with E-state index in [0.717, 1.165) is 0 Å². The van der Waals surface area contributed by atoms with Crippen LogP contribution in [0.15, 0.2) is 36.4 Å². The molecule has 0 aromatic heterocycles. The van der Waals surface area contributed by atoms with Gasteiger partial charge in [0.25, 0.3) is 0 Å². The first kappa shape index (κ1) is 14.9. The third kappa shape index (κ3) is 3.55. The van der Waals surface area contributed by atoms with Crippen LogP contribution in [0.1, 0.15) is 15.9 Å². The maximum absolute atomic E-state index is 13.0. The predicted octanol–water partition coefficient (Wildman–Crippen LogP) is 3.78. The van der Waals surface area contributed by atoms with Crippen LogP contribution in [0.5, 0.6) is 5.75 Å². The molecule has 0 unspecified atom stereocenters. The summed E-state index contributed by atoms with van der Waals surface area (Å²) in [5, 5.41) is 10.8. The molecule has 0 spiro atoms. The summed E-state index contributed by atoms with van der Waals surface area (Å²) in [4.78, 5) is 21.0. The number of hydrogen-bond donors (Lipinski definition) is 0. The summed E-state index contributed by atoms with van der Waals surface area (Å²) < 4.78 is 18.4. The molecule has 0 aliphatic heterocycles. The van der Waals surface area contributed by atoms with E-state index in [1.54, 1.807) is 0 Å². The average molecular weight is 310 g/mol. The molecule has 2 aromatic carbocycles. The van der Waals surface area contributed by atoms with Gasteiger partial charge < -0.3 is 4.74 Å². The smallest absolute Gasteiger partial charge is 0.310 e. The van der Waals surface area contributed by atoms with Crippen molar-refractivity contribution in [3.63, 3.8) is 0 Å². The Morgan fingerprint density at radius 1 is 1.29 bits per heavy atom. The van der Waals surface area contributed by atoms with Gasteiger partial charge in [-0.15, -0.1) is 0 Å². The lowest BCUT2D eigenvalue weighted by Crippen LogP contribution is -2.00. The Balaban J connectivity index is 2.23. The number of aldehydes is 1. The summed E-state index contributed by atoms with van der Waals surface area (Å²) >= 11 is 5.64. The van der Waals surface area contributed by atoms with Gasteiger partial charge in [0.2, 0.25) is 0 Å². The predicted molar refractivity (Wildman–Crippen MR) is 74.2 cm³/mol. The van der Waals surface area contributed by atoms with E-state index in [-0.39, 0.29) is 28.6 Å². The topological polar surface area (TPSA) is 69.4 Å². The van der Waals surface area contributed by atoms with Crippen LogP contribution < -0.4 is 4.74 Å². The molecule has 0 radical (unpaired) electrons. The van der Waals surface area contributed by atoms with E-state index in [2.05, 4.69) is 0 Å². The summed E-state index contributed by atoms with van der Waals surface area (Å²) in [5.41, 5.74) is 0.550. The highest BCUT2D eigenvalue weighted by molar-refractivity contribution is 6.30. The molecule has 0 aliphatic rings. The molecule has 0 amide bonds. The second kappa shape index (κ2) is 6.32. The van der Waals surface area contributed by atoms with Crippen molar-refractivity contribution >= 4 is 23.6 Å². The van der Waals surface area contributed by atoms with E-state index in [1.165, 1.54) is 36.4 Å². The molecule has 0 atom stereocenters. The van der Waals surface area contributed by atoms with E-state index >= 15 is 0 Å². The molecule has 2 aromatic rings. The fourth-order valence-corrected chi connectivity index (χ4v) is 1.86. The van der Waals surface area contributed by atoms with Crippen molar-refractivity contribution in [2.75, 3.05) is 0 Å². The molecule has 7 heteroatoms. The normalized spacial score (nSPS) is 10.2. The summed E-state index contributed by atoms with van der Waals surface area (Å²) in [6.07, 6.45) is 0.561. The second-order valence-electron chi connectivity index (χ2n) is 4.14. The highest BCUT2D eigenvalue weighted by Gasteiger charge is 2.16. The van der Waals surface area contributed by atoms with E-state index in [9.17, 15) is 19.3 Å². The zero-order valence-corrected chi connectivity index (χ0v) is 11.3. The second-order valence-corrected chi connectivity index (χ2v) is 4.55. The summed E-state index contributed by atoms with van der Waals surface area (Å²) in [5.74, 6) is -0.598. The van der Waals surface area contributed by atoms with Gasteiger partial charge in [0.15, 0.2) is 5.75 Å². The van der Waals surface area contributed by atoms with Gasteiger partial charge in [0, 0.05) is 11.6 Å². The molecule has 0 bridgehead atoms. The molecule has 0 aliphatic carbocycles. The molecular formula is C14H9ClFNO4. The average Bonchev–Trinajstić information content (AvgIpc) is 2.48. The van der Waals surface area contributed by atoms with Gasteiger partial charge >= 0.3 is 5.69 Å². The zero-order chi connectivity index (χ0) is 15.4. The van der Waals surface area contributed by atoms with Crippen LogP contribution in [0.3, 0.4) is 0 Å². The van der Waals surface area contributed by atoms with Crippen LogP contribution in [-0.4, -0.2) is 11.2 Å². The highest BCUT2D eigenvalue weighted by atomic mass is 35.5. The zero-order valence-electron chi connectivity index (χ0n) is 10.6. The van der Waals surface area contributed by atoms with Gasteiger partial charge in [-0.05, 0) is 29.8 Å². The summed E-state index contributed by atoms with van der Waals surface area (Å²) in [7, 11) is 0. The number of carbonyl (C=O) groups excluding carboxylic acids is 1. The Bertz CT molecular complexity index is 705. The van der Waals surface area contributed by atoms with Gasteiger partial charge in [-0.1, -0.05) is 17.7 Å². The van der Waals surface area contributed by atoms with Crippen LogP contribution in [0.4, 0.5) is 10.1 Å². The Hall–Kier alpha value is -2.47. The first-order chi connectivity index (χ1) is 10.0. The van der Waals surface area contributed by atoms with E-state index in [0.29, 0.717) is 11.8 Å². The molecule has 0 N–H and O–H groups in total. The van der Waals surface area contributed by atoms with E-state index < -0.39 is 10.7 Å². The third-order valence-electron chi connectivity index (χ3n) is 2.69. The molecule has 0 heterocycles. The molecule has 0 saturated heterocycles. The van der Waals surface area contributed by atoms with Gasteiger partial charge in [0.1, 0.15) is 18.7 Å². The van der Waals surface area contributed by atoms with Gasteiger partial charge in [-0.3, -0.25) is 14.9 Å². The third-order valence-corrected chi connectivity index (χ3v) is 2.98. The van der Waals surface area contributed by atoms with Crippen molar-refractivity contribution in [3.8, 4) is 5.75 Å². The molecule has 0 fully saturated rings. The highest BCUT2D eigenvalue weighted by Crippen LogP contribution is 2.28. The van der Waals surface area contributed by atoms with Gasteiger partial charge in [-0.2, -0.15) is 0 Å². The lowest BCUT2D eigenvalue weighted by molar-refractivity contribution is -0.385. The number of hydrogen-bond acceptors (Lipinski definition) is 4. The number of benzene rings is 2. The van der Waals surface area contributed by atoms with Crippen molar-refractivity contribution in [1.29, 1.82) is 0 Å². The van der Waals surface area contributed by atoms with Gasteiger partial charge in [0.05, 0.1) is 9.95 Å². The number of ether oxygens (including phenoxy) is 1. The minimum atomic E-state index is -0.610. The first-order valence-electron chi connectivity index (χ1n) is 5.81. The molecular weight excluding hydrogens is 301 g/mol. The summed E-state index contributed by atoms with van der Waals surface area (Å²) in [6, 6.07) is 7.79. The number of halogens is 2. The largest absolute Gasteiger partial charge is 0.482 e. The standard InChI is InChI=1S/C14H9ClFNO4/c15-11-5-10(1-3-12(11)16)8-21-14-6-9(7-18)2-4-13(14)17(19)20/h1-7H,8H2. The fourth-order valence-electron chi connectivity index (χ4n) is 1.66. The van der Waals surface area contributed by atoms with Crippen LogP contribution in [0.2, 0.25) is 5.02 Å². The number of nitrogens with zero attached hydrogens (tertiary/aromatic N) is 1. The Labute approximate surface area is 124 Å².